The van der Waals surface area contributed by atoms with Gasteiger partial charge >= 0.3 is 8.80 Å². The van der Waals surface area contributed by atoms with Gasteiger partial charge in [-0.15, -0.1) is 0 Å². The molecule has 0 aromatic heterocycles. The van der Waals surface area contributed by atoms with Crippen LogP contribution in [-0.4, -0.2) is 51.9 Å². The summed E-state index contributed by atoms with van der Waals surface area (Å²) in [5, 5.41) is 11.7. The summed E-state index contributed by atoms with van der Waals surface area (Å²) in [5.41, 5.74) is -0.256. The molecule has 1 unspecified atom stereocenters. The van der Waals surface area contributed by atoms with Crippen LogP contribution in [0.1, 0.15) is 47.0 Å². The van der Waals surface area contributed by atoms with E-state index in [2.05, 4.69) is 5.32 Å². The zero-order chi connectivity index (χ0) is 15.4. The number of carbonyl (C=O) groups is 1. The molecule has 20 heavy (non-hydrogen) atoms. The molecule has 0 spiro atoms. The predicted octanol–water partition coefficient (Wildman–Crippen LogP) is 1.24. The number of carbonyl (C=O) groups excluding carboxylic acids is 1. The number of rotatable bonds is 12. The second-order valence-electron chi connectivity index (χ2n) is 4.26. The summed E-state index contributed by atoms with van der Waals surface area (Å²) in [4.78, 5) is 11.9. The fourth-order valence-corrected chi connectivity index (χ4v) is 4.88. The van der Waals surface area contributed by atoms with E-state index in [9.17, 15) is 4.79 Å². The van der Waals surface area contributed by atoms with Gasteiger partial charge in [-0.1, -0.05) is 6.92 Å². The van der Waals surface area contributed by atoms with Crippen molar-refractivity contribution in [2.24, 2.45) is 0 Å². The zero-order valence-electron chi connectivity index (χ0n) is 13.1. The standard InChI is InChI=1S/C13H29NO5Si/c1-5-13(14-12(16)10-9-11-15)20(17-6-2,18-7-3)19-8-4/h13,15H,5-11H2,1-4H3,(H,14,16). The fraction of sp³-hybridized carbons (Fsp3) is 0.923. The molecule has 0 saturated carbocycles. The Morgan fingerprint density at radius 1 is 1.10 bits per heavy atom. The van der Waals surface area contributed by atoms with Gasteiger partial charge in [-0.25, -0.2) is 0 Å². The van der Waals surface area contributed by atoms with Crippen LogP contribution >= 0.6 is 0 Å². The van der Waals surface area contributed by atoms with E-state index in [4.69, 9.17) is 18.4 Å². The van der Waals surface area contributed by atoms with E-state index in [0.29, 0.717) is 39.1 Å². The Morgan fingerprint density at radius 2 is 1.60 bits per heavy atom. The number of hydrogen-bond donors (Lipinski definition) is 2. The third kappa shape index (κ3) is 6.32. The molecule has 6 nitrogen and oxygen atoms in total. The highest BCUT2D eigenvalue weighted by Gasteiger charge is 2.49. The van der Waals surface area contributed by atoms with Gasteiger partial charge in [-0.05, 0) is 33.6 Å². The summed E-state index contributed by atoms with van der Waals surface area (Å²) < 4.78 is 17.4. The summed E-state index contributed by atoms with van der Waals surface area (Å²) in [6.07, 6.45) is 1.42. The van der Waals surface area contributed by atoms with Crippen molar-refractivity contribution in [3.05, 3.63) is 0 Å². The van der Waals surface area contributed by atoms with Crippen LogP contribution in [0.25, 0.3) is 0 Å². The minimum atomic E-state index is -2.92. The van der Waals surface area contributed by atoms with Crippen molar-refractivity contribution in [3.8, 4) is 0 Å². The lowest BCUT2D eigenvalue weighted by atomic mass is 10.3. The number of amides is 1. The zero-order valence-corrected chi connectivity index (χ0v) is 14.1. The van der Waals surface area contributed by atoms with Crippen LogP contribution in [0, 0.1) is 0 Å². The highest BCUT2D eigenvalue weighted by Crippen LogP contribution is 2.18. The molecule has 0 heterocycles. The van der Waals surface area contributed by atoms with Crippen LogP contribution in [0.3, 0.4) is 0 Å². The van der Waals surface area contributed by atoms with Crippen molar-refractivity contribution in [2.75, 3.05) is 26.4 Å². The molecule has 0 rings (SSSR count). The summed E-state index contributed by atoms with van der Waals surface area (Å²) in [7, 11) is -2.92. The number of aliphatic hydroxyl groups excluding tert-OH is 1. The van der Waals surface area contributed by atoms with Gasteiger partial charge in [0.25, 0.3) is 0 Å². The van der Waals surface area contributed by atoms with Crippen molar-refractivity contribution in [3.63, 3.8) is 0 Å². The quantitative estimate of drug-likeness (QED) is 0.531. The van der Waals surface area contributed by atoms with E-state index in [-0.39, 0.29) is 18.2 Å². The average Bonchev–Trinajstić information content (AvgIpc) is 2.43. The van der Waals surface area contributed by atoms with Crippen LogP contribution in [0.5, 0.6) is 0 Å². The second kappa shape index (κ2) is 11.2. The molecule has 0 bridgehead atoms. The number of hydrogen-bond acceptors (Lipinski definition) is 5. The van der Waals surface area contributed by atoms with Gasteiger partial charge in [0, 0.05) is 32.8 Å². The Labute approximate surface area is 123 Å². The lowest BCUT2D eigenvalue weighted by Crippen LogP contribution is -2.62. The number of nitrogens with one attached hydrogen (secondary N) is 1. The third-order valence-corrected chi connectivity index (χ3v) is 6.25. The first-order chi connectivity index (χ1) is 9.60. The van der Waals surface area contributed by atoms with Gasteiger partial charge in [-0.3, -0.25) is 4.79 Å². The van der Waals surface area contributed by atoms with E-state index >= 15 is 0 Å². The van der Waals surface area contributed by atoms with Gasteiger partial charge < -0.3 is 23.7 Å². The summed E-state index contributed by atoms with van der Waals surface area (Å²) in [6, 6.07) is 0. The first kappa shape index (κ1) is 19.5. The Morgan fingerprint density at radius 3 is 1.95 bits per heavy atom. The van der Waals surface area contributed by atoms with E-state index in [0.717, 1.165) is 0 Å². The first-order valence-electron chi connectivity index (χ1n) is 7.42. The SMILES string of the molecule is CCO[Si](OCC)(OCC)C(CC)NC(=O)CCCO. The first-order valence-corrected chi connectivity index (χ1v) is 9.22. The van der Waals surface area contributed by atoms with E-state index in [1.807, 2.05) is 27.7 Å². The van der Waals surface area contributed by atoms with Gasteiger partial charge in [0.15, 0.2) is 0 Å². The fourth-order valence-electron chi connectivity index (χ4n) is 1.98. The van der Waals surface area contributed by atoms with Gasteiger partial charge in [-0.2, -0.15) is 0 Å². The molecule has 0 radical (unpaired) electrons. The molecule has 0 aromatic rings. The molecular formula is C13H29NO5Si. The Bertz CT molecular complexity index is 248. The lowest BCUT2D eigenvalue weighted by molar-refractivity contribution is -0.122. The minimum absolute atomic E-state index is 0.00909. The molecule has 2 N–H and O–H groups in total. The van der Waals surface area contributed by atoms with Gasteiger partial charge in [0.2, 0.25) is 5.91 Å². The molecule has 0 aliphatic heterocycles. The molecule has 7 heteroatoms. The van der Waals surface area contributed by atoms with E-state index < -0.39 is 8.80 Å². The molecule has 120 valence electrons. The molecule has 0 aliphatic rings. The number of aliphatic hydroxyl groups is 1. The van der Waals surface area contributed by atoms with Crippen LogP contribution in [-0.2, 0) is 18.1 Å². The maximum absolute atomic E-state index is 11.9. The molecule has 0 aliphatic carbocycles. The van der Waals surface area contributed by atoms with Gasteiger partial charge in [0.05, 0.1) is 5.67 Å². The maximum atomic E-state index is 11.9. The van der Waals surface area contributed by atoms with Gasteiger partial charge in [0.1, 0.15) is 0 Å². The van der Waals surface area contributed by atoms with Crippen molar-refractivity contribution >= 4 is 14.7 Å². The predicted molar refractivity (Wildman–Crippen MR) is 79.2 cm³/mol. The largest absolute Gasteiger partial charge is 0.524 e. The summed E-state index contributed by atoms with van der Waals surface area (Å²) >= 11 is 0. The van der Waals surface area contributed by atoms with Crippen molar-refractivity contribution < 1.29 is 23.2 Å². The molecular weight excluding hydrogens is 278 g/mol. The third-order valence-electron chi connectivity index (χ3n) is 2.77. The highest BCUT2D eigenvalue weighted by molar-refractivity contribution is 6.62. The van der Waals surface area contributed by atoms with Crippen molar-refractivity contribution in [1.29, 1.82) is 0 Å². The van der Waals surface area contributed by atoms with Crippen LogP contribution in [0.15, 0.2) is 0 Å². The Hall–Kier alpha value is -0.473. The lowest BCUT2D eigenvalue weighted by Gasteiger charge is -2.35. The van der Waals surface area contributed by atoms with Crippen molar-refractivity contribution in [2.45, 2.75) is 52.6 Å². The Balaban J connectivity index is 4.90. The Kier molecular flexibility index (Phi) is 10.9. The van der Waals surface area contributed by atoms with Crippen molar-refractivity contribution in [1.82, 2.24) is 5.32 Å². The van der Waals surface area contributed by atoms with E-state index in [1.165, 1.54) is 0 Å². The summed E-state index contributed by atoms with van der Waals surface area (Å²) in [6.45, 7) is 9.09. The average molecular weight is 307 g/mol. The van der Waals surface area contributed by atoms with Crippen LogP contribution in [0.4, 0.5) is 0 Å². The van der Waals surface area contributed by atoms with Crippen LogP contribution in [0.2, 0.25) is 0 Å². The molecule has 0 fully saturated rings. The molecule has 1 atom stereocenters. The second-order valence-corrected chi connectivity index (χ2v) is 7.03. The smallest absolute Gasteiger partial charge is 0.396 e. The normalized spacial score (nSPS) is 13.2. The monoisotopic (exact) mass is 307 g/mol. The van der Waals surface area contributed by atoms with Crippen LogP contribution < -0.4 is 5.32 Å². The molecule has 0 saturated heterocycles. The van der Waals surface area contributed by atoms with E-state index in [1.54, 1.807) is 0 Å². The maximum Gasteiger partial charge on any atom is 0.524 e. The summed E-state index contributed by atoms with van der Waals surface area (Å²) in [5.74, 6) is -0.109. The topological polar surface area (TPSA) is 77.0 Å². The molecule has 1 amide bonds. The minimum Gasteiger partial charge on any atom is -0.396 e. The highest BCUT2D eigenvalue weighted by atomic mass is 28.4. The molecule has 0 aromatic carbocycles.